The Labute approximate surface area is 212 Å². The minimum atomic E-state index is -0.161. The zero-order valence-electron chi connectivity index (χ0n) is 21.2. The Hall–Kier alpha value is -3.74. The molecule has 3 aromatic rings. The summed E-state index contributed by atoms with van der Waals surface area (Å²) in [6, 6.07) is 16.9. The number of aryl methyl sites for hydroxylation is 1. The molecule has 7 nitrogen and oxygen atoms in total. The molecule has 0 N–H and O–H groups in total. The predicted octanol–water partition coefficient (Wildman–Crippen LogP) is 5.43. The molecule has 1 aliphatic heterocycles. The topological polar surface area (TPSA) is 72.2 Å². The summed E-state index contributed by atoms with van der Waals surface area (Å²) in [5.74, 6) is 1.72. The van der Waals surface area contributed by atoms with Crippen LogP contribution in [0.4, 0.5) is 0 Å². The van der Waals surface area contributed by atoms with E-state index >= 15 is 0 Å². The Morgan fingerprint density at radius 3 is 2.39 bits per heavy atom. The number of hydrogen-bond acceptors (Lipinski definition) is 5. The smallest absolute Gasteiger partial charge is 0.254 e. The average Bonchev–Trinajstić information content (AvgIpc) is 3.57. The highest BCUT2D eigenvalue weighted by molar-refractivity contribution is 5.96. The van der Waals surface area contributed by atoms with Crippen LogP contribution < -0.4 is 9.47 Å². The molecule has 0 bridgehead atoms. The Morgan fingerprint density at radius 1 is 0.944 bits per heavy atom. The van der Waals surface area contributed by atoms with E-state index in [0.29, 0.717) is 35.9 Å². The molecule has 2 aromatic carbocycles. The first-order chi connectivity index (χ1) is 17.4. The van der Waals surface area contributed by atoms with Gasteiger partial charge in [-0.15, -0.1) is 0 Å². The number of amides is 2. The highest BCUT2D eigenvalue weighted by Gasteiger charge is 2.26. The first kappa shape index (κ1) is 25.4. The molecule has 0 aliphatic carbocycles. The monoisotopic (exact) mass is 490 g/mol. The molecule has 0 saturated heterocycles. The molecule has 1 aliphatic rings. The van der Waals surface area contributed by atoms with Crippen molar-refractivity contribution in [2.45, 2.75) is 59.2 Å². The third-order valence-electron chi connectivity index (χ3n) is 6.30. The predicted molar refractivity (Wildman–Crippen MR) is 137 cm³/mol. The zero-order chi connectivity index (χ0) is 25.5. The SMILES string of the molecule is CCCCc1ccc(C(=O)N(CC(=O)N(Cc2ccc3c(c2)OCO3)Cc2ccco2)C(C)C)cc1. The molecule has 0 fully saturated rings. The van der Waals surface area contributed by atoms with Crippen LogP contribution in [0.2, 0.25) is 0 Å². The van der Waals surface area contributed by atoms with Gasteiger partial charge in [0.2, 0.25) is 12.7 Å². The molecule has 0 radical (unpaired) electrons. The molecule has 36 heavy (non-hydrogen) atoms. The maximum absolute atomic E-state index is 13.6. The number of furan rings is 1. The lowest BCUT2D eigenvalue weighted by atomic mass is 10.1. The summed E-state index contributed by atoms with van der Waals surface area (Å²) >= 11 is 0. The van der Waals surface area contributed by atoms with Gasteiger partial charge in [0.25, 0.3) is 5.91 Å². The molecule has 2 amide bonds. The molecule has 2 heterocycles. The molecule has 4 rings (SSSR count). The standard InChI is InChI=1S/C29H34N2O5/c1-4-5-7-22-9-12-24(13-10-22)29(33)31(21(2)3)19-28(32)30(18-25-8-6-15-34-25)17-23-11-14-26-27(16-23)36-20-35-26/h6,8-16,21H,4-5,7,17-20H2,1-3H3. The Morgan fingerprint density at radius 2 is 1.69 bits per heavy atom. The number of hydrogen-bond donors (Lipinski definition) is 0. The van der Waals surface area contributed by atoms with E-state index < -0.39 is 0 Å². The third-order valence-corrected chi connectivity index (χ3v) is 6.30. The number of carbonyl (C=O) groups excluding carboxylic acids is 2. The van der Waals surface area contributed by atoms with Crippen LogP contribution in [0, 0.1) is 0 Å². The van der Waals surface area contributed by atoms with Crippen LogP contribution >= 0.6 is 0 Å². The van der Waals surface area contributed by atoms with Gasteiger partial charge >= 0.3 is 0 Å². The minimum absolute atomic E-state index is 0.0284. The van der Waals surface area contributed by atoms with Gasteiger partial charge in [-0.1, -0.05) is 31.5 Å². The molecule has 0 saturated carbocycles. The third kappa shape index (κ3) is 6.27. The van der Waals surface area contributed by atoms with Crippen molar-refractivity contribution in [1.29, 1.82) is 0 Å². The number of ether oxygens (including phenoxy) is 2. The summed E-state index contributed by atoms with van der Waals surface area (Å²) in [7, 11) is 0. The van der Waals surface area contributed by atoms with Crippen LogP contribution in [-0.4, -0.2) is 41.0 Å². The van der Waals surface area contributed by atoms with E-state index in [-0.39, 0.29) is 31.2 Å². The number of fused-ring (bicyclic) bond motifs is 1. The van der Waals surface area contributed by atoms with Gasteiger partial charge in [0.1, 0.15) is 12.3 Å². The van der Waals surface area contributed by atoms with Crippen molar-refractivity contribution in [2.75, 3.05) is 13.3 Å². The van der Waals surface area contributed by atoms with Gasteiger partial charge in [-0.2, -0.15) is 0 Å². The first-order valence-electron chi connectivity index (χ1n) is 12.5. The lowest BCUT2D eigenvalue weighted by molar-refractivity contribution is -0.133. The van der Waals surface area contributed by atoms with E-state index in [2.05, 4.69) is 6.92 Å². The second kappa shape index (κ2) is 11.8. The molecular weight excluding hydrogens is 456 g/mol. The fraction of sp³-hybridized carbons (Fsp3) is 0.379. The van der Waals surface area contributed by atoms with E-state index in [9.17, 15) is 9.59 Å². The van der Waals surface area contributed by atoms with Gasteiger partial charge in [-0.25, -0.2) is 0 Å². The summed E-state index contributed by atoms with van der Waals surface area (Å²) in [5.41, 5.74) is 2.71. The second-order valence-corrected chi connectivity index (χ2v) is 9.34. The van der Waals surface area contributed by atoms with Crippen molar-refractivity contribution >= 4 is 11.8 Å². The van der Waals surface area contributed by atoms with E-state index in [4.69, 9.17) is 13.9 Å². The summed E-state index contributed by atoms with van der Waals surface area (Å²) in [6.07, 6.45) is 4.84. The number of carbonyl (C=O) groups is 2. The Balaban J connectivity index is 1.50. The number of rotatable bonds is 11. The van der Waals surface area contributed by atoms with Crippen LogP contribution in [0.1, 0.15) is 60.9 Å². The van der Waals surface area contributed by atoms with Crippen LogP contribution in [0.3, 0.4) is 0 Å². The van der Waals surface area contributed by atoms with Gasteiger partial charge in [0.05, 0.1) is 12.8 Å². The summed E-state index contributed by atoms with van der Waals surface area (Å²) in [6.45, 7) is 6.83. The lowest BCUT2D eigenvalue weighted by Gasteiger charge is -2.30. The fourth-order valence-corrected chi connectivity index (χ4v) is 4.18. The van der Waals surface area contributed by atoms with Gasteiger partial charge < -0.3 is 23.7 Å². The Kier molecular flexibility index (Phi) is 8.31. The van der Waals surface area contributed by atoms with Crippen LogP contribution in [-0.2, 0) is 24.3 Å². The van der Waals surface area contributed by atoms with Crippen molar-refractivity contribution in [3.05, 3.63) is 83.3 Å². The second-order valence-electron chi connectivity index (χ2n) is 9.34. The van der Waals surface area contributed by atoms with E-state index in [1.165, 1.54) is 5.56 Å². The van der Waals surface area contributed by atoms with Gasteiger partial charge in [0, 0.05) is 18.2 Å². The molecular formula is C29H34N2O5. The van der Waals surface area contributed by atoms with Crippen molar-refractivity contribution in [1.82, 2.24) is 9.80 Å². The van der Waals surface area contributed by atoms with Crippen molar-refractivity contribution in [3.8, 4) is 11.5 Å². The lowest BCUT2D eigenvalue weighted by Crippen LogP contribution is -2.45. The summed E-state index contributed by atoms with van der Waals surface area (Å²) < 4.78 is 16.4. The van der Waals surface area contributed by atoms with E-state index in [1.807, 2.05) is 62.4 Å². The van der Waals surface area contributed by atoms with Crippen LogP contribution in [0.25, 0.3) is 0 Å². The van der Waals surface area contributed by atoms with Crippen LogP contribution in [0.15, 0.2) is 65.3 Å². The molecule has 1 aromatic heterocycles. The highest BCUT2D eigenvalue weighted by atomic mass is 16.7. The van der Waals surface area contributed by atoms with Gasteiger partial charge in [-0.3, -0.25) is 9.59 Å². The highest BCUT2D eigenvalue weighted by Crippen LogP contribution is 2.33. The van der Waals surface area contributed by atoms with Gasteiger partial charge in [0.15, 0.2) is 11.5 Å². The van der Waals surface area contributed by atoms with E-state index in [0.717, 1.165) is 24.8 Å². The van der Waals surface area contributed by atoms with Crippen molar-refractivity contribution in [2.24, 2.45) is 0 Å². The molecule has 7 heteroatoms. The summed E-state index contributed by atoms with van der Waals surface area (Å²) in [4.78, 5) is 30.3. The van der Waals surface area contributed by atoms with Crippen LogP contribution in [0.5, 0.6) is 11.5 Å². The number of unbranched alkanes of at least 4 members (excludes halogenated alkanes) is 1. The molecule has 0 atom stereocenters. The van der Waals surface area contributed by atoms with Crippen molar-refractivity contribution < 1.29 is 23.5 Å². The summed E-state index contributed by atoms with van der Waals surface area (Å²) in [5, 5.41) is 0. The average molecular weight is 491 g/mol. The fourth-order valence-electron chi connectivity index (χ4n) is 4.18. The normalized spacial score (nSPS) is 12.1. The number of nitrogens with zero attached hydrogens (tertiary/aromatic N) is 2. The molecule has 190 valence electrons. The maximum atomic E-state index is 13.6. The first-order valence-corrected chi connectivity index (χ1v) is 12.5. The quantitative estimate of drug-likeness (QED) is 0.358. The van der Waals surface area contributed by atoms with Crippen molar-refractivity contribution in [3.63, 3.8) is 0 Å². The van der Waals surface area contributed by atoms with Gasteiger partial charge in [-0.05, 0) is 74.2 Å². The molecule has 0 unspecified atom stereocenters. The minimum Gasteiger partial charge on any atom is -0.467 e. The van der Waals surface area contributed by atoms with E-state index in [1.54, 1.807) is 22.1 Å². The Bertz CT molecular complexity index is 1150. The zero-order valence-corrected chi connectivity index (χ0v) is 21.2. The largest absolute Gasteiger partial charge is 0.467 e. The number of benzene rings is 2. The maximum Gasteiger partial charge on any atom is 0.254 e. The molecule has 0 spiro atoms.